The van der Waals surface area contributed by atoms with Gasteiger partial charge >= 0.3 is 0 Å². The molecule has 1 aliphatic rings. The van der Waals surface area contributed by atoms with Crippen molar-refractivity contribution in [1.29, 1.82) is 0 Å². The van der Waals surface area contributed by atoms with E-state index >= 15 is 0 Å². The molecule has 11 heavy (non-hydrogen) atoms. The fraction of sp³-hybridized carbons (Fsp3) is 0.889. The van der Waals surface area contributed by atoms with Crippen molar-refractivity contribution in [1.82, 2.24) is 0 Å². The number of Topliss-reactive ketones (excluding diaryl/α,β-unsaturated/α-hetero) is 1. The van der Waals surface area contributed by atoms with E-state index in [2.05, 4.69) is 0 Å². The van der Waals surface area contributed by atoms with Crippen molar-refractivity contribution >= 4 is 5.78 Å². The molecular formula is C9H17NO. The minimum atomic E-state index is 0.215. The van der Waals surface area contributed by atoms with Crippen molar-refractivity contribution in [3.05, 3.63) is 0 Å². The van der Waals surface area contributed by atoms with Gasteiger partial charge in [-0.05, 0) is 24.8 Å². The Morgan fingerprint density at radius 1 is 1.55 bits per heavy atom. The van der Waals surface area contributed by atoms with Crippen molar-refractivity contribution in [2.45, 2.75) is 39.0 Å². The zero-order valence-electron chi connectivity index (χ0n) is 7.23. The first-order valence-corrected chi connectivity index (χ1v) is 4.44. The molecule has 0 aromatic rings. The van der Waals surface area contributed by atoms with Gasteiger partial charge in [0.1, 0.15) is 5.78 Å². The second-order valence-corrected chi connectivity index (χ2v) is 3.63. The van der Waals surface area contributed by atoms with Gasteiger partial charge in [-0.3, -0.25) is 4.79 Å². The minimum Gasteiger partial charge on any atom is -0.330 e. The maximum absolute atomic E-state index is 11.1. The van der Waals surface area contributed by atoms with E-state index in [1.54, 1.807) is 0 Å². The van der Waals surface area contributed by atoms with Crippen molar-refractivity contribution < 1.29 is 4.79 Å². The lowest BCUT2D eigenvalue weighted by atomic mass is 9.66. The molecule has 0 aromatic heterocycles. The van der Waals surface area contributed by atoms with E-state index in [4.69, 9.17) is 5.73 Å². The Balaban J connectivity index is 2.38. The largest absolute Gasteiger partial charge is 0.330 e. The first-order valence-electron chi connectivity index (χ1n) is 4.44. The van der Waals surface area contributed by atoms with Gasteiger partial charge in [-0.1, -0.05) is 13.3 Å². The quantitative estimate of drug-likeness (QED) is 0.668. The van der Waals surface area contributed by atoms with Gasteiger partial charge in [0.25, 0.3) is 0 Å². The maximum atomic E-state index is 11.1. The van der Waals surface area contributed by atoms with E-state index in [0.29, 0.717) is 18.7 Å². The molecule has 0 saturated heterocycles. The molecule has 0 unspecified atom stereocenters. The first-order chi connectivity index (χ1) is 5.22. The third-order valence-electron chi connectivity index (χ3n) is 2.81. The molecular weight excluding hydrogens is 138 g/mol. The number of hydrogen-bond donors (Lipinski definition) is 1. The highest BCUT2D eigenvalue weighted by molar-refractivity contribution is 5.78. The van der Waals surface area contributed by atoms with Crippen LogP contribution < -0.4 is 5.73 Å². The van der Waals surface area contributed by atoms with Crippen LogP contribution in [0.3, 0.4) is 0 Å². The third kappa shape index (κ3) is 1.80. The Morgan fingerprint density at radius 2 is 2.18 bits per heavy atom. The lowest BCUT2D eigenvalue weighted by Gasteiger charge is -2.40. The summed E-state index contributed by atoms with van der Waals surface area (Å²) in [6.07, 6.45) is 4.97. The van der Waals surface area contributed by atoms with Gasteiger partial charge in [0.15, 0.2) is 0 Å². The van der Waals surface area contributed by atoms with Gasteiger partial charge in [0.2, 0.25) is 0 Å². The molecule has 0 amide bonds. The van der Waals surface area contributed by atoms with Crippen molar-refractivity contribution in [3.8, 4) is 0 Å². The summed E-state index contributed by atoms with van der Waals surface area (Å²) < 4.78 is 0. The summed E-state index contributed by atoms with van der Waals surface area (Å²) in [4.78, 5) is 11.1. The molecule has 2 heteroatoms. The average molecular weight is 155 g/mol. The molecule has 0 aliphatic heterocycles. The summed E-state index contributed by atoms with van der Waals surface area (Å²) in [6.45, 7) is 2.62. The molecule has 2 N–H and O–H groups in total. The second kappa shape index (κ2) is 3.35. The molecule has 1 saturated carbocycles. The molecule has 2 nitrogen and oxygen atoms in total. The molecule has 64 valence electrons. The van der Waals surface area contributed by atoms with Crippen LogP contribution >= 0.6 is 0 Å². The number of rotatable bonds is 4. The van der Waals surface area contributed by atoms with Gasteiger partial charge in [-0.2, -0.15) is 0 Å². The standard InChI is InChI=1S/C9H17NO/c1-2-8(11)6-9(7-10)4-3-5-9/h2-7,10H2,1H3. The van der Waals surface area contributed by atoms with Crippen LogP contribution in [0.5, 0.6) is 0 Å². The lowest BCUT2D eigenvalue weighted by Crippen LogP contribution is -2.39. The van der Waals surface area contributed by atoms with Crippen LogP contribution in [0.4, 0.5) is 0 Å². The van der Waals surface area contributed by atoms with Gasteiger partial charge in [-0.25, -0.2) is 0 Å². The highest BCUT2D eigenvalue weighted by Gasteiger charge is 2.36. The van der Waals surface area contributed by atoms with Crippen LogP contribution in [-0.4, -0.2) is 12.3 Å². The normalized spacial score (nSPS) is 20.9. The fourth-order valence-corrected chi connectivity index (χ4v) is 1.67. The van der Waals surface area contributed by atoms with Crippen molar-refractivity contribution in [3.63, 3.8) is 0 Å². The second-order valence-electron chi connectivity index (χ2n) is 3.63. The topological polar surface area (TPSA) is 43.1 Å². The van der Waals surface area contributed by atoms with E-state index in [-0.39, 0.29) is 5.41 Å². The Labute approximate surface area is 68.2 Å². The fourth-order valence-electron chi connectivity index (χ4n) is 1.67. The van der Waals surface area contributed by atoms with Crippen LogP contribution in [-0.2, 0) is 4.79 Å². The SMILES string of the molecule is CCC(=O)CC1(CN)CCC1. The summed E-state index contributed by atoms with van der Waals surface area (Å²) in [5, 5.41) is 0. The van der Waals surface area contributed by atoms with Crippen LogP contribution in [0, 0.1) is 5.41 Å². The van der Waals surface area contributed by atoms with E-state index in [1.165, 1.54) is 6.42 Å². The van der Waals surface area contributed by atoms with Gasteiger partial charge in [0.05, 0.1) is 0 Å². The number of ketones is 1. The maximum Gasteiger partial charge on any atom is 0.133 e. The summed E-state index contributed by atoms with van der Waals surface area (Å²) >= 11 is 0. The summed E-state index contributed by atoms with van der Waals surface area (Å²) in [5.41, 5.74) is 5.83. The lowest BCUT2D eigenvalue weighted by molar-refractivity contribution is -0.122. The molecule has 0 atom stereocenters. The Morgan fingerprint density at radius 3 is 2.45 bits per heavy atom. The number of carbonyl (C=O) groups is 1. The summed E-state index contributed by atoms with van der Waals surface area (Å²) in [7, 11) is 0. The molecule has 1 fully saturated rings. The van der Waals surface area contributed by atoms with E-state index in [0.717, 1.165) is 19.3 Å². The Hall–Kier alpha value is -0.370. The van der Waals surface area contributed by atoms with E-state index in [1.807, 2.05) is 6.92 Å². The average Bonchev–Trinajstić information content (AvgIpc) is 1.96. The number of carbonyl (C=O) groups excluding carboxylic acids is 1. The zero-order chi connectivity index (χ0) is 8.32. The van der Waals surface area contributed by atoms with Gasteiger partial charge in [-0.15, -0.1) is 0 Å². The molecule has 1 aliphatic carbocycles. The van der Waals surface area contributed by atoms with Crippen molar-refractivity contribution in [2.75, 3.05) is 6.54 Å². The van der Waals surface area contributed by atoms with Crippen molar-refractivity contribution in [2.24, 2.45) is 11.1 Å². The predicted octanol–water partition coefficient (Wildman–Crippen LogP) is 1.48. The molecule has 0 bridgehead atoms. The summed E-state index contributed by atoms with van der Waals surface area (Å²) in [6, 6.07) is 0. The first kappa shape index (κ1) is 8.72. The zero-order valence-corrected chi connectivity index (χ0v) is 7.23. The number of nitrogens with two attached hydrogens (primary N) is 1. The highest BCUT2D eigenvalue weighted by atomic mass is 16.1. The van der Waals surface area contributed by atoms with E-state index in [9.17, 15) is 4.79 Å². The third-order valence-corrected chi connectivity index (χ3v) is 2.81. The summed E-state index contributed by atoms with van der Waals surface area (Å²) in [5.74, 6) is 0.371. The monoisotopic (exact) mass is 155 g/mol. The molecule has 0 radical (unpaired) electrons. The number of hydrogen-bond acceptors (Lipinski definition) is 2. The minimum absolute atomic E-state index is 0.215. The van der Waals surface area contributed by atoms with Gasteiger partial charge < -0.3 is 5.73 Å². The smallest absolute Gasteiger partial charge is 0.133 e. The molecule has 0 spiro atoms. The molecule has 0 heterocycles. The Kier molecular flexibility index (Phi) is 2.66. The van der Waals surface area contributed by atoms with Gasteiger partial charge in [0, 0.05) is 12.8 Å². The molecule has 0 aromatic carbocycles. The van der Waals surface area contributed by atoms with Crippen LogP contribution in [0.15, 0.2) is 0 Å². The predicted molar refractivity (Wildman–Crippen MR) is 45.3 cm³/mol. The van der Waals surface area contributed by atoms with E-state index < -0.39 is 0 Å². The highest BCUT2D eigenvalue weighted by Crippen LogP contribution is 2.43. The van der Waals surface area contributed by atoms with Crippen LogP contribution in [0.1, 0.15) is 39.0 Å². The molecule has 1 rings (SSSR count). The Bertz CT molecular complexity index is 144. The van der Waals surface area contributed by atoms with Crippen LogP contribution in [0.2, 0.25) is 0 Å². The van der Waals surface area contributed by atoms with Crippen LogP contribution in [0.25, 0.3) is 0 Å².